The number of anilines is 1. The first-order valence-electron chi connectivity index (χ1n) is 9.63. The molecule has 1 aliphatic rings. The zero-order valence-electron chi connectivity index (χ0n) is 15.9. The molecule has 1 amide bonds. The fourth-order valence-electron chi connectivity index (χ4n) is 3.64. The molecule has 1 aromatic heterocycles. The summed E-state index contributed by atoms with van der Waals surface area (Å²) >= 11 is 6.09. The van der Waals surface area contributed by atoms with Gasteiger partial charge in [0.25, 0.3) is 5.91 Å². The Balaban J connectivity index is 1.30. The van der Waals surface area contributed by atoms with Crippen molar-refractivity contribution in [3.05, 3.63) is 75.8 Å². The number of hydrogen-bond acceptors (Lipinski definition) is 5. The third kappa shape index (κ3) is 4.44. The van der Waals surface area contributed by atoms with E-state index < -0.39 is 5.63 Å². The van der Waals surface area contributed by atoms with Crippen molar-refractivity contribution in [2.24, 2.45) is 0 Å². The molecule has 2 heterocycles. The van der Waals surface area contributed by atoms with Gasteiger partial charge in [-0.2, -0.15) is 0 Å². The van der Waals surface area contributed by atoms with Crippen molar-refractivity contribution in [3.8, 4) is 0 Å². The number of nitrogens with one attached hydrogen (secondary N) is 1. The molecule has 29 heavy (non-hydrogen) atoms. The Morgan fingerprint density at radius 1 is 1.03 bits per heavy atom. The number of carbonyl (C=O) groups excluding carboxylic acids is 1. The molecule has 3 aromatic rings. The van der Waals surface area contributed by atoms with E-state index in [1.165, 1.54) is 6.26 Å². The van der Waals surface area contributed by atoms with E-state index in [2.05, 4.69) is 21.2 Å². The van der Waals surface area contributed by atoms with Gasteiger partial charge in [-0.25, -0.2) is 4.79 Å². The Morgan fingerprint density at radius 2 is 1.79 bits per heavy atom. The van der Waals surface area contributed by atoms with E-state index in [9.17, 15) is 9.59 Å². The summed E-state index contributed by atoms with van der Waals surface area (Å²) < 4.78 is 5.01. The summed E-state index contributed by atoms with van der Waals surface area (Å²) in [5, 5.41) is 4.70. The zero-order valence-corrected chi connectivity index (χ0v) is 16.7. The van der Waals surface area contributed by atoms with Crippen LogP contribution in [0.3, 0.4) is 0 Å². The Morgan fingerprint density at radius 3 is 2.55 bits per heavy atom. The highest BCUT2D eigenvalue weighted by Gasteiger charge is 2.18. The zero-order chi connectivity index (χ0) is 20.2. The van der Waals surface area contributed by atoms with Crippen LogP contribution in [-0.4, -0.2) is 50.1 Å². The van der Waals surface area contributed by atoms with Crippen LogP contribution >= 0.6 is 11.6 Å². The van der Waals surface area contributed by atoms with Crippen LogP contribution in [0, 0.1) is 0 Å². The molecular formula is C22H22ClN3O3. The highest BCUT2D eigenvalue weighted by atomic mass is 35.5. The van der Waals surface area contributed by atoms with Gasteiger partial charge in [0.1, 0.15) is 6.26 Å². The summed E-state index contributed by atoms with van der Waals surface area (Å²) in [6.07, 6.45) is 1.24. The number of fused-ring (bicyclic) bond motifs is 1. The third-order valence-electron chi connectivity index (χ3n) is 5.22. The van der Waals surface area contributed by atoms with E-state index in [-0.39, 0.29) is 5.91 Å². The predicted octanol–water partition coefficient (Wildman–Crippen LogP) is 3.00. The average molecular weight is 412 g/mol. The molecule has 0 saturated carbocycles. The summed E-state index contributed by atoms with van der Waals surface area (Å²) in [7, 11) is 0. The van der Waals surface area contributed by atoms with Crippen molar-refractivity contribution in [2.45, 2.75) is 0 Å². The average Bonchev–Trinajstić information content (AvgIpc) is 2.74. The first kappa shape index (κ1) is 19.5. The van der Waals surface area contributed by atoms with Crippen molar-refractivity contribution >= 4 is 34.0 Å². The van der Waals surface area contributed by atoms with Crippen LogP contribution in [0.15, 0.2) is 64.0 Å². The molecule has 0 atom stereocenters. The number of nitrogens with zero attached hydrogens (tertiary/aromatic N) is 2. The van der Waals surface area contributed by atoms with Gasteiger partial charge in [-0.05, 0) is 24.3 Å². The fraction of sp³-hybridized carbons (Fsp3) is 0.273. The largest absolute Gasteiger partial charge is 0.430 e. The maximum absolute atomic E-state index is 12.6. The van der Waals surface area contributed by atoms with Crippen molar-refractivity contribution in [3.63, 3.8) is 0 Å². The molecule has 1 N–H and O–H groups in total. The lowest BCUT2D eigenvalue weighted by atomic mass is 10.1. The molecule has 0 bridgehead atoms. The molecule has 0 aliphatic carbocycles. The Hall–Kier alpha value is -2.83. The minimum atomic E-state index is -0.435. The lowest BCUT2D eigenvalue weighted by Gasteiger charge is -2.36. The van der Waals surface area contributed by atoms with E-state index in [4.69, 9.17) is 16.0 Å². The van der Waals surface area contributed by atoms with Crippen LogP contribution in [0.5, 0.6) is 0 Å². The SMILES string of the molecule is O=C(NCCN1CCN(c2cccc(Cl)c2)CC1)c1coc(=O)c2ccccc12. The van der Waals surface area contributed by atoms with E-state index in [1.807, 2.05) is 18.2 Å². The Kier molecular flexibility index (Phi) is 5.83. The quantitative estimate of drug-likeness (QED) is 0.699. The summed E-state index contributed by atoms with van der Waals surface area (Å²) in [5.41, 5.74) is 1.09. The second kappa shape index (κ2) is 8.68. The first-order chi connectivity index (χ1) is 14.1. The van der Waals surface area contributed by atoms with Gasteiger partial charge < -0.3 is 14.6 Å². The second-order valence-corrected chi connectivity index (χ2v) is 7.48. The molecule has 0 unspecified atom stereocenters. The van der Waals surface area contributed by atoms with Crippen LogP contribution in [0.25, 0.3) is 10.8 Å². The Labute approximate surface area is 173 Å². The second-order valence-electron chi connectivity index (χ2n) is 7.05. The number of amides is 1. The molecule has 1 saturated heterocycles. The van der Waals surface area contributed by atoms with Gasteiger partial charge in [0.2, 0.25) is 0 Å². The molecule has 1 aliphatic heterocycles. The number of benzene rings is 2. The van der Waals surface area contributed by atoms with Gasteiger partial charge in [0.15, 0.2) is 0 Å². The summed E-state index contributed by atoms with van der Waals surface area (Å²) in [4.78, 5) is 29.0. The lowest BCUT2D eigenvalue weighted by Crippen LogP contribution is -2.48. The number of piperazine rings is 1. The number of carbonyl (C=O) groups is 1. The minimum Gasteiger partial charge on any atom is -0.430 e. The highest BCUT2D eigenvalue weighted by Crippen LogP contribution is 2.20. The first-order valence-corrected chi connectivity index (χ1v) is 10.0. The molecule has 7 heteroatoms. The van der Waals surface area contributed by atoms with Gasteiger partial charge in [-0.15, -0.1) is 0 Å². The van der Waals surface area contributed by atoms with Gasteiger partial charge in [0.05, 0.1) is 10.9 Å². The van der Waals surface area contributed by atoms with Crippen molar-refractivity contribution < 1.29 is 9.21 Å². The number of rotatable bonds is 5. The van der Waals surface area contributed by atoms with Crippen LogP contribution in [0.1, 0.15) is 10.4 Å². The fourth-order valence-corrected chi connectivity index (χ4v) is 3.82. The summed E-state index contributed by atoms with van der Waals surface area (Å²) in [5.74, 6) is -0.234. The number of hydrogen-bond donors (Lipinski definition) is 1. The molecule has 4 rings (SSSR count). The van der Waals surface area contributed by atoms with Gasteiger partial charge in [0, 0.05) is 55.4 Å². The van der Waals surface area contributed by atoms with Crippen molar-refractivity contribution in [1.82, 2.24) is 10.2 Å². The van der Waals surface area contributed by atoms with E-state index >= 15 is 0 Å². The van der Waals surface area contributed by atoms with Crippen LogP contribution in [-0.2, 0) is 0 Å². The Bertz CT molecular complexity index is 1070. The molecule has 6 nitrogen and oxygen atoms in total. The maximum Gasteiger partial charge on any atom is 0.343 e. The lowest BCUT2D eigenvalue weighted by molar-refractivity contribution is 0.0947. The van der Waals surface area contributed by atoms with Crippen molar-refractivity contribution in [1.29, 1.82) is 0 Å². The van der Waals surface area contributed by atoms with Gasteiger partial charge in [-0.1, -0.05) is 35.9 Å². The van der Waals surface area contributed by atoms with Crippen molar-refractivity contribution in [2.75, 3.05) is 44.2 Å². The molecule has 0 spiro atoms. The van der Waals surface area contributed by atoms with Gasteiger partial charge >= 0.3 is 5.63 Å². The van der Waals surface area contributed by atoms with E-state index in [0.29, 0.717) is 22.9 Å². The topological polar surface area (TPSA) is 65.8 Å². The third-order valence-corrected chi connectivity index (χ3v) is 5.46. The molecule has 0 radical (unpaired) electrons. The number of halogens is 1. The summed E-state index contributed by atoms with van der Waals surface area (Å²) in [6, 6.07) is 14.9. The van der Waals surface area contributed by atoms with Gasteiger partial charge in [-0.3, -0.25) is 9.69 Å². The van der Waals surface area contributed by atoms with Crippen LogP contribution in [0.2, 0.25) is 5.02 Å². The standard InChI is InChI=1S/C22H22ClN3O3/c23-16-4-3-5-17(14-16)26-12-10-25(11-13-26)9-8-24-21(27)20-15-29-22(28)19-7-2-1-6-18(19)20/h1-7,14-15H,8-13H2,(H,24,27). The monoisotopic (exact) mass is 411 g/mol. The van der Waals surface area contributed by atoms with Crippen LogP contribution < -0.4 is 15.8 Å². The summed E-state index contributed by atoms with van der Waals surface area (Å²) in [6.45, 7) is 4.98. The van der Waals surface area contributed by atoms with E-state index in [0.717, 1.165) is 43.4 Å². The molecule has 1 fully saturated rings. The normalized spacial score (nSPS) is 14.9. The van der Waals surface area contributed by atoms with E-state index in [1.54, 1.807) is 24.3 Å². The van der Waals surface area contributed by atoms with Crippen LogP contribution in [0.4, 0.5) is 5.69 Å². The smallest absolute Gasteiger partial charge is 0.343 e. The molecule has 150 valence electrons. The highest BCUT2D eigenvalue weighted by molar-refractivity contribution is 6.30. The molecular weight excluding hydrogens is 390 g/mol. The molecule has 2 aromatic carbocycles. The minimum absolute atomic E-state index is 0.234. The maximum atomic E-state index is 12.6. The predicted molar refractivity (Wildman–Crippen MR) is 115 cm³/mol.